The highest BCUT2D eigenvalue weighted by Crippen LogP contribution is 2.20. The van der Waals surface area contributed by atoms with Crippen LogP contribution in [0.2, 0.25) is 0 Å². The lowest BCUT2D eigenvalue weighted by molar-refractivity contribution is -0.114. The van der Waals surface area contributed by atoms with E-state index in [1.807, 2.05) is 37.4 Å². The van der Waals surface area contributed by atoms with Crippen molar-refractivity contribution >= 4 is 34.8 Å². The van der Waals surface area contributed by atoms with Crippen molar-refractivity contribution in [3.8, 4) is 0 Å². The summed E-state index contributed by atoms with van der Waals surface area (Å²) in [5, 5.41) is 5.46. The number of nitrogens with zero attached hydrogens (tertiary/aromatic N) is 3. The topological polar surface area (TPSA) is 87.2 Å². The van der Waals surface area contributed by atoms with Crippen molar-refractivity contribution in [2.45, 2.75) is 6.92 Å². The van der Waals surface area contributed by atoms with Crippen LogP contribution in [0.4, 0.5) is 23.0 Å². The van der Waals surface area contributed by atoms with Gasteiger partial charge >= 0.3 is 0 Å². The minimum absolute atomic E-state index is 0.178. The van der Waals surface area contributed by atoms with Crippen LogP contribution in [0, 0.1) is 0 Å². The van der Waals surface area contributed by atoms with Crippen LogP contribution in [0.15, 0.2) is 66.9 Å². The smallest absolute Gasteiger partial charge is 0.274 e. The minimum Gasteiger partial charge on any atom is -0.326 e. The Labute approximate surface area is 157 Å². The molecule has 0 aliphatic rings. The molecule has 0 bridgehead atoms. The van der Waals surface area contributed by atoms with Gasteiger partial charge in [0.25, 0.3) is 5.91 Å². The number of amides is 2. The highest BCUT2D eigenvalue weighted by Gasteiger charge is 2.13. The fraction of sp³-hybridized carbons (Fsp3) is 0.100. The monoisotopic (exact) mass is 361 g/mol. The number of anilines is 4. The van der Waals surface area contributed by atoms with Gasteiger partial charge in [-0.2, -0.15) is 0 Å². The van der Waals surface area contributed by atoms with E-state index in [1.54, 1.807) is 41.4 Å². The second-order valence-corrected chi connectivity index (χ2v) is 5.85. The van der Waals surface area contributed by atoms with Gasteiger partial charge in [-0.15, -0.1) is 0 Å². The highest BCUT2D eigenvalue weighted by molar-refractivity contribution is 6.03. The zero-order valence-corrected chi connectivity index (χ0v) is 15.0. The summed E-state index contributed by atoms with van der Waals surface area (Å²) < 4.78 is 0. The lowest BCUT2D eigenvalue weighted by Gasteiger charge is -2.17. The highest BCUT2D eigenvalue weighted by atomic mass is 16.2. The van der Waals surface area contributed by atoms with Crippen LogP contribution < -0.4 is 15.5 Å². The van der Waals surface area contributed by atoms with Gasteiger partial charge in [0.2, 0.25) is 11.9 Å². The van der Waals surface area contributed by atoms with E-state index < -0.39 is 0 Å². The number of para-hydroxylation sites is 1. The predicted octanol–water partition coefficient (Wildman–Crippen LogP) is 3.46. The molecule has 0 unspecified atom stereocenters. The molecule has 27 heavy (non-hydrogen) atoms. The molecular formula is C20H19N5O2. The summed E-state index contributed by atoms with van der Waals surface area (Å²) >= 11 is 0. The van der Waals surface area contributed by atoms with E-state index in [0.29, 0.717) is 17.3 Å². The molecule has 2 aromatic carbocycles. The number of nitrogens with one attached hydrogen (secondary N) is 2. The molecular weight excluding hydrogens is 342 g/mol. The number of aromatic nitrogens is 2. The molecule has 0 radical (unpaired) electrons. The van der Waals surface area contributed by atoms with Gasteiger partial charge in [-0.3, -0.25) is 9.59 Å². The van der Waals surface area contributed by atoms with E-state index in [1.165, 1.54) is 6.92 Å². The third kappa shape index (κ3) is 4.66. The van der Waals surface area contributed by atoms with E-state index in [0.717, 1.165) is 5.69 Å². The number of hydrogen-bond acceptors (Lipinski definition) is 5. The molecule has 1 heterocycles. The molecule has 3 aromatic rings. The van der Waals surface area contributed by atoms with Crippen molar-refractivity contribution < 1.29 is 9.59 Å². The summed E-state index contributed by atoms with van der Waals surface area (Å²) in [6, 6.07) is 18.1. The largest absolute Gasteiger partial charge is 0.326 e. The first-order valence-electron chi connectivity index (χ1n) is 8.34. The molecule has 1 aromatic heterocycles. The van der Waals surface area contributed by atoms with Crippen LogP contribution in [-0.4, -0.2) is 28.8 Å². The zero-order valence-electron chi connectivity index (χ0n) is 15.0. The van der Waals surface area contributed by atoms with Crippen molar-refractivity contribution in [3.05, 3.63) is 72.6 Å². The third-order valence-electron chi connectivity index (χ3n) is 3.76. The first-order chi connectivity index (χ1) is 13.0. The van der Waals surface area contributed by atoms with Gasteiger partial charge in [0.05, 0.1) is 0 Å². The van der Waals surface area contributed by atoms with Gasteiger partial charge < -0.3 is 15.5 Å². The summed E-state index contributed by atoms with van der Waals surface area (Å²) in [5.41, 5.74) is 2.32. The number of rotatable bonds is 5. The van der Waals surface area contributed by atoms with Crippen LogP contribution in [0.1, 0.15) is 17.4 Å². The maximum Gasteiger partial charge on any atom is 0.274 e. The Morgan fingerprint density at radius 1 is 0.926 bits per heavy atom. The van der Waals surface area contributed by atoms with Crippen LogP contribution in [0.3, 0.4) is 0 Å². The van der Waals surface area contributed by atoms with Gasteiger partial charge in [-0.05, 0) is 36.4 Å². The lowest BCUT2D eigenvalue weighted by atomic mass is 10.2. The third-order valence-corrected chi connectivity index (χ3v) is 3.76. The number of benzene rings is 2. The Kier molecular flexibility index (Phi) is 5.41. The first kappa shape index (κ1) is 18.1. The second kappa shape index (κ2) is 8.09. The Balaban J connectivity index is 1.77. The van der Waals surface area contributed by atoms with Gasteiger partial charge in [-0.1, -0.05) is 24.3 Å². The summed E-state index contributed by atoms with van der Waals surface area (Å²) in [5.74, 6) is -0.121. The Morgan fingerprint density at radius 2 is 1.63 bits per heavy atom. The average molecular weight is 361 g/mol. The second-order valence-electron chi connectivity index (χ2n) is 5.85. The summed E-state index contributed by atoms with van der Waals surface area (Å²) in [6.07, 6.45) is 1.55. The minimum atomic E-state index is -0.361. The molecule has 0 saturated carbocycles. The Bertz CT molecular complexity index is 959. The summed E-state index contributed by atoms with van der Waals surface area (Å²) in [7, 11) is 1.84. The molecule has 136 valence electrons. The molecule has 7 nitrogen and oxygen atoms in total. The summed E-state index contributed by atoms with van der Waals surface area (Å²) in [4.78, 5) is 34.1. The van der Waals surface area contributed by atoms with Crippen molar-refractivity contribution in [1.29, 1.82) is 0 Å². The maximum absolute atomic E-state index is 12.6. The summed E-state index contributed by atoms with van der Waals surface area (Å²) in [6.45, 7) is 1.43. The quantitative estimate of drug-likeness (QED) is 0.727. The Morgan fingerprint density at radius 3 is 2.33 bits per heavy atom. The van der Waals surface area contributed by atoms with Gasteiger partial charge in [0.15, 0.2) is 0 Å². The normalized spacial score (nSPS) is 10.1. The van der Waals surface area contributed by atoms with E-state index in [-0.39, 0.29) is 17.5 Å². The fourth-order valence-electron chi connectivity index (χ4n) is 2.48. The standard InChI is InChI=1S/C20H19N5O2/c1-14(26)22-15-7-6-8-16(13-15)23-19(27)18-11-12-21-20(24-18)25(2)17-9-4-3-5-10-17/h3-13H,1-2H3,(H,22,26)(H,23,27). The molecule has 2 amide bonds. The number of carbonyl (C=O) groups is 2. The van der Waals surface area contributed by atoms with Crippen LogP contribution in [0.25, 0.3) is 0 Å². The first-order valence-corrected chi connectivity index (χ1v) is 8.34. The molecule has 0 fully saturated rings. The van der Waals surface area contributed by atoms with Crippen molar-refractivity contribution in [2.75, 3.05) is 22.6 Å². The van der Waals surface area contributed by atoms with E-state index in [9.17, 15) is 9.59 Å². The van der Waals surface area contributed by atoms with Crippen molar-refractivity contribution in [3.63, 3.8) is 0 Å². The number of hydrogen-bond donors (Lipinski definition) is 2. The Hall–Kier alpha value is -3.74. The van der Waals surface area contributed by atoms with Crippen LogP contribution >= 0.6 is 0 Å². The van der Waals surface area contributed by atoms with Gasteiger partial charge in [-0.25, -0.2) is 9.97 Å². The van der Waals surface area contributed by atoms with E-state index >= 15 is 0 Å². The molecule has 0 saturated heterocycles. The van der Waals surface area contributed by atoms with Crippen molar-refractivity contribution in [1.82, 2.24) is 9.97 Å². The van der Waals surface area contributed by atoms with Crippen molar-refractivity contribution in [2.24, 2.45) is 0 Å². The molecule has 2 N–H and O–H groups in total. The number of carbonyl (C=O) groups excluding carboxylic acids is 2. The molecule has 0 aliphatic carbocycles. The molecule has 0 spiro atoms. The maximum atomic E-state index is 12.6. The van der Waals surface area contributed by atoms with E-state index in [4.69, 9.17) is 0 Å². The molecule has 0 aliphatic heterocycles. The lowest BCUT2D eigenvalue weighted by Crippen LogP contribution is -2.18. The van der Waals surface area contributed by atoms with Gasteiger partial charge in [0, 0.05) is 37.2 Å². The van der Waals surface area contributed by atoms with Crippen LogP contribution in [-0.2, 0) is 4.79 Å². The van der Waals surface area contributed by atoms with Gasteiger partial charge in [0.1, 0.15) is 5.69 Å². The predicted molar refractivity (Wildman–Crippen MR) is 105 cm³/mol. The molecule has 3 rings (SSSR count). The fourth-order valence-corrected chi connectivity index (χ4v) is 2.48. The SMILES string of the molecule is CC(=O)Nc1cccc(NC(=O)c2ccnc(N(C)c3ccccc3)n2)c1. The van der Waals surface area contributed by atoms with E-state index in [2.05, 4.69) is 20.6 Å². The zero-order chi connectivity index (χ0) is 19.2. The molecule has 7 heteroatoms. The van der Waals surface area contributed by atoms with Crippen LogP contribution in [0.5, 0.6) is 0 Å². The average Bonchev–Trinajstić information content (AvgIpc) is 2.68. The molecule has 0 atom stereocenters.